The highest BCUT2D eigenvalue weighted by Gasteiger charge is 2.33. The van der Waals surface area contributed by atoms with E-state index in [1.54, 1.807) is 0 Å². The first kappa shape index (κ1) is 15.5. The lowest BCUT2D eigenvalue weighted by Gasteiger charge is -2.21. The molecule has 114 valence electrons. The first-order chi connectivity index (χ1) is 9.97. The van der Waals surface area contributed by atoms with Crippen LogP contribution in [-0.4, -0.2) is 29.7 Å². The van der Waals surface area contributed by atoms with Gasteiger partial charge < -0.3 is 15.2 Å². The number of benzene rings is 1. The topological polar surface area (TPSA) is 75.6 Å². The number of amides is 1. The summed E-state index contributed by atoms with van der Waals surface area (Å²) in [6.45, 7) is 4.45. The van der Waals surface area contributed by atoms with Gasteiger partial charge in [-0.25, -0.2) is 0 Å². The van der Waals surface area contributed by atoms with E-state index in [9.17, 15) is 9.59 Å². The second kappa shape index (κ2) is 6.72. The SMILES string of the molecule is Cc1ccc(C)c(NC(=O)[C@@H](CC(=O)O)[C@@H]2CCCO2)c1. The Bertz CT molecular complexity index is 535. The van der Waals surface area contributed by atoms with E-state index >= 15 is 0 Å². The summed E-state index contributed by atoms with van der Waals surface area (Å²) in [6.07, 6.45) is 1.10. The van der Waals surface area contributed by atoms with Crippen LogP contribution in [0.5, 0.6) is 0 Å². The molecule has 5 heteroatoms. The van der Waals surface area contributed by atoms with Gasteiger partial charge in [-0.15, -0.1) is 0 Å². The molecule has 1 aliphatic rings. The van der Waals surface area contributed by atoms with Crippen LogP contribution in [0.1, 0.15) is 30.4 Å². The zero-order chi connectivity index (χ0) is 15.4. The summed E-state index contributed by atoms with van der Waals surface area (Å²) in [7, 11) is 0. The van der Waals surface area contributed by atoms with E-state index in [1.807, 2.05) is 32.0 Å². The number of carbonyl (C=O) groups is 2. The molecule has 1 fully saturated rings. The van der Waals surface area contributed by atoms with Crippen molar-refractivity contribution in [2.75, 3.05) is 11.9 Å². The van der Waals surface area contributed by atoms with Crippen LogP contribution in [0.15, 0.2) is 18.2 Å². The van der Waals surface area contributed by atoms with Crippen LogP contribution in [0.25, 0.3) is 0 Å². The molecule has 1 aromatic carbocycles. The second-order valence-corrected chi connectivity index (χ2v) is 5.56. The number of nitrogens with one attached hydrogen (secondary N) is 1. The summed E-state index contributed by atoms with van der Waals surface area (Å²) in [4.78, 5) is 23.5. The number of aryl methyl sites for hydroxylation is 2. The number of hydrogen-bond donors (Lipinski definition) is 2. The number of rotatable bonds is 5. The van der Waals surface area contributed by atoms with Crippen molar-refractivity contribution in [1.29, 1.82) is 0 Å². The van der Waals surface area contributed by atoms with Crippen molar-refractivity contribution < 1.29 is 19.4 Å². The Morgan fingerprint density at radius 1 is 1.43 bits per heavy atom. The van der Waals surface area contributed by atoms with Crippen LogP contribution in [0.3, 0.4) is 0 Å². The maximum atomic E-state index is 12.4. The highest BCUT2D eigenvalue weighted by Crippen LogP contribution is 2.25. The van der Waals surface area contributed by atoms with Crippen molar-refractivity contribution in [3.05, 3.63) is 29.3 Å². The Balaban J connectivity index is 2.13. The first-order valence-electron chi connectivity index (χ1n) is 7.19. The molecule has 1 saturated heterocycles. The summed E-state index contributed by atoms with van der Waals surface area (Å²) >= 11 is 0. The van der Waals surface area contributed by atoms with Crippen molar-refractivity contribution in [3.8, 4) is 0 Å². The molecule has 0 saturated carbocycles. The molecular weight excluding hydrogens is 270 g/mol. The Labute approximate surface area is 124 Å². The van der Waals surface area contributed by atoms with E-state index in [1.165, 1.54) is 0 Å². The van der Waals surface area contributed by atoms with Crippen LogP contribution < -0.4 is 5.32 Å². The zero-order valence-corrected chi connectivity index (χ0v) is 12.4. The van der Waals surface area contributed by atoms with E-state index in [0.717, 1.165) is 29.7 Å². The first-order valence-corrected chi connectivity index (χ1v) is 7.19. The Kier molecular flexibility index (Phi) is 4.96. The van der Waals surface area contributed by atoms with Crippen LogP contribution in [-0.2, 0) is 14.3 Å². The van der Waals surface area contributed by atoms with Crippen molar-refractivity contribution in [2.24, 2.45) is 5.92 Å². The van der Waals surface area contributed by atoms with Gasteiger partial charge in [0.15, 0.2) is 0 Å². The van der Waals surface area contributed by atoms with Crippen molar-refractivity contribution >= 4 is 17.6 Å². The molecule has 0 unspecified atom stereocenters. The van der Waals surface area contributed by atoms with Gasteiger partial charge in [-0.3, -0.25) is 9.59 Å². The molecule has 0 spiro atoms. The molecule has 0 radical (unpaired) electrons. The summed E-state index contributed by atoms with van der Waals surface area (Å²) in [5.41, 5.74) is 2.73. The predicted octanol–water partition coefficient (Wildman–Crippen LogP) is 2.51. The van der Waals surface area contributed by atoms with Crippen molar-refractivity contribution in [1.82, 2.24) is 0 Å². The van der Waals surface area contributed by atoms with Gasteiger partial charge in [0.05, 0.1) is 18.4 Å². The molecule has 21 heavy (non-hydrogen) atoms. The van der Waals surface area contributed by atoms with Gasteiger partial charge in [0.25, 0.3) is 0 Å². The maximum Gasteiger partial charge on any atom is 0.304 e. The normalized spacial score (nSPS) is 19.2. The molecule has 0 bridgehead atoms. The molecule has 2 N–H and O–H groups in total. The molecular formula is C16H21NO4. The van der Waals surface area contributed by atoms with E-state index in [-0.39, 0.29) is 18.4 Å². The summed E-state index contributed by atoms with van der Waals surface area (Å²) in [5.74, 6) is -1.91. The predicted molar refractivity (Wildman–Crippen MR) is 79.3 cm³/mol. The number of carbonyl (C=O) groups excluding carboxylic acids is 1. The Morgan fingerprint density at radius 3 is 2.81 bits per heavy atom. The minimum Gasteiger partial charge on any atom is -0.481 e. The number of hydrogen-bond acceptors (Lipinski definition) is 3. The monoisotopic (exact) mass is 291 g/mol. The third kappa shape index (κ3) is 4.04. The minimum absolute atomic E-state index is 0.207. The van der Waals surface area contributed by atoms with Crippen LogP contribution >= 0.6 is 0 Å². The van der Waals surface area contributed by atoms with E-state index in [2.05, 4.69) is 5.32 Å². The van der Waals surface area contributed by atoms with Gasteiger partial charge in [0.1, 0.15) is 0 Å². The fraction of sp³-hybridized carbons (Fsp3) is 0.500. The lowest BCUT2D eigenvalue weighted by molar-refractivity contribution is -0.142. The smallest absolute Gasteiger partial charge is 0.304 e. The fourth-order valence-electron chi connectivity index (χ4n) is 2.60. The molecule has 0 aromatic heterocycles. The summed E-state index contributed by atoms with van der Waals surface area (Å²) < 4.78 is 5.50. The summed E-state index contributed by atoms with van der Waals surface area (Å²) in [6, 6.07) is 5.80. The van der Waals surface area contributed by atoms with Gasteiger partial charge in [-0.1, -0.05) is 12.1 Å². The molecule has 2 rings (SSSR count). The number of carboxylic acid groups (broad SMARTS) is 1. The fourth-order valence-corrected chi connectivity index (χ4v) is 2.60. The van der Waals surface area contributed by atoms with E-state index < -0.39 is 11.9 Å². The molecule has 2 atom stereocenters. The van der Waals surface area contributed by atoms with E-state index in [4.69, 9.17) is 9.84 Å². The average molecular weight is 291 g/mol. The molecule has 1 aliphatic heterocycles. The van der Waals surface area contributed by atoms with Gasteiger partial charge in [-0.2, -0.15) is 0 Å². The lowest BCUT2D eigenvalue weighted by atomic mass is 9.95. The van der Waals surface area contributed by atoms with Crippen LogP contribution in [0, 0.1) is 19.8 Å². The van der Waals surface area contributed by atoms with Crippen molar-refractivity contribution in [2.45, 2.75) is 39.2 Å². The van der Waals surface area contributed by atoms with Gasteiger partial charge in [-0.05, 0) is 43.9 Å². The van der Waals surface area contributed by atoms with Crippen LogP contribution in [0.2, 0.25) is 0 Å². The molecule has 5 nitrogen and oxygen atoms in total. The lowest BCUT2D eigenvalue weighted by Crippen LogP contribution is -2.34. The zero-order valence-electron chi connectivity index (χ0n) is 12.4. The standard InChI is InChI=1S/C16H21NO4/c1-10-5-6-11(2)13(8-10)17-16(20)12(9-15(18)19)14-4-3-7-21-14/h5-6,8,12,14H,3-4,7,9H2,1-2H3,(H,17,20)(H,18,19)/t12-,14-/m0/s1. The quantitative estimate of drug-likeness (QED) is 0.874. The van der Waals surface area contributed by atoms with Crippen molar-refractivity contribution in [3.63, 3.8) is 0 Å². The minimum atomic E-state index is -0.980. The second-order valence-electron chi connectivity index (χ2n) is 5.56. The maximum absolute atomic E-state index is 12.4. The van der Waals surface area contributed by atoms with Gasteiger partial charge in [0.2, 0.25) is 5.91 Å². The van der Waals surface area contributed by atoms with Crippen LogP contribution in [0.4, 0.5) is 5.69 Å². The highest BCUT2D eigenvalue weighted by atomic mass is 16.5. The average Bonchev–Trinajstić information content (AvgIpc) is 2.93. The largest absolute Gasteiger partial charge is 0.481 e. The Hall–Kier alpha value is -1.88. The number of carboxylic acids is 1. The molecule has 1 heterocycles. The number of ether oxygens (including phenoxy) is 1. The van der Waals surface area contributed by atoms with Gasteiger partial charge >= 0.3 is 5.97 Å². The molecule has 0 aliphatic carbocycles. The van der Waals surface area contributed by atoms with E-state index in [0.29, 0.717) is 6.61 Å². The number of aliphatic carboxylic acids is 1. The summed E-state index contributed by atoms with van der Waals surface area (Å²) in [5, 5.41) is 11.9. The Morgan fingerprint density at radius 2 is 2.19 bits per heavy atom. The third-order valence-corrected chi connectivity index (χ3v) is 3.80. The third-order valence-electron chi connectivity index (χ3n) is 3.80. The molecule has 1 aromatic rings. The van der Waals surface area contributed by atoms with Gasteiger partial charge in [0, 0.05) is 12.3 Å². The number of anilines is 1. The highest BCUT2D eigenvalue weighted by molar-refractivity contribution is 5.95. The molecule has 1 amide bonds.